The molecule has 11 heteroatoms. The predicted molar refractivity (Wildman–Crippen MR) is 162 cm³/mol. The SMILES string of the molecule is CCC(C)NC(=O)C(C)N(Cc1ccc(Cl)cc1Cl)C(=O)CN(c1ccccc1Cl)S(=O)(=O)c1ccc(C)cc1. The fourth-order valence-electron chi connectivity index (χ4n) is 3.89. The molecule has 40 heavy (non-hydrogen) atoms. The molecule has 0 saturated carbocycles. The lowest BCUT2D eigenvalue weighted by Gasteiger charge is -2.33. The number of amides is 2. The second-order valence-electron chi connectivity index (χ2n) is 9.53. The van der Waals surface area contributed by atoms with Crippen molar-refractivity contribution in [2.45, 2.75) is 57.6 Å². The number of hydrogen-bond acceptors (Lipinski definition) is 4. The Morgan fingerprint density at radius 2 is 1.57 bits per heavy atom. The molecule has 3 aromatic carbocycles. The summed E-state index contributed by atoms with van der Waals surface area (Å²) in [5.41, 5.74) is 1.57. The number of nitrogens with one attached hydrogen (secondary N) is 1. The molecular weight excluding hydrogens is 593 g/mol. The van der Waals surface area contributed by atoms with E-state index in [4.69, 9.17) is 34.8 Å². The Hall–Kier alpha value is -2.78. The Balaban J connectivity index is 2.06. The van der Waals surface area contributed by atoms with E-state index >= 15 is 0 Å². The predicted octanol–water partition coefficient (Wildman–Crippen LogP) is 6.48. The van der Waals surface area contributed by atoms with Gasteiger partial charge in [-0.15, -0.1) is 0 Å². The second-order valence-corrected chi connectivity index (χ2v) is 12.6. The molecule has 3 aromatic rings. The first kappa shape index (κ1) is 31.7. The minimum absolute atomic E-state index is 0.000627. The highest BCUT2D eigenvalue weighted by atomic mass is 35.5. The van der Waals surface area contributed by atoms with E-state index in [0.717, 1.165) is 9.87 Å². The van der Waals surface area contributed by atoms with Crippen molar-refractivity contribution in [3.63, 3.8) is 0 Å². The van der Waals surface area contributed by atoms with Crippen LogP contribution < -0.4 is 9.62 Å². The zero-order chi connectivity index (χ0) is 29.6. The van der Waals surface area contributed by atoms with Crippen LogP contribution in [0.5, 0.6) is 0 Å². The monoisotopic (exact) mass is 623 g/mol. The van der Waals surface area contributed by atoms with Crippen LogP contribution >= 0.6 is 34.8 Å². The Labute approximate surface area is 251 Å². The van der Waals surface area contributed by atoms with Crippen molar-refractivity contribution in [3.05, 3.63) is 92.9 Å². The first-order chi connectivity index (χ1) is 18.8. The Kier molecular flexibility index (Phi) is 10.9. The number of anilines is 1. The fraction of sp³-hybridized carbons (Fsp3) is 0.310. The number of nitrogens with zero attached hydrogens (tertiary/aromatic N) is 2. The van der Waals surface area contributed by atoms with E-state index in [1.165, 1.54) is 23.1 Å². The third-order valence-corrected chi connectivity index (χ3v) is 9.21. The van der Waals surface area contributed by atoms with Crippen LogP contribution in [0.4, 0.5) is 5.69 Å². The largest absolute Gasteiger partial charge is 0.352 e. The molecule has 0 spiro atoms. The number of rotatable bonds is 11. The van der Waals surface area contributed by atoms with Gasteiger partial charge in [-0.2, -0.15) is 0 Å². The lowest BCUT2D eigenvalue weighted by Crippen LogP contribution is -2.52. The average molecular weight is 625 g/mol. The minimum Gasteiger partial charge on any atom is -0.352 e. The molecule has 214 valence electrons. The number of carbonyl (C=O) groups excluding carboxylic acids is 2. The third kappa shape index (κ3) is 7.69. The van der Waals surface area contributed by atoms with E-state index < -0.39 is 28.5 Å². The van der Waals surface area contributed by atoms with Crippen molar-refractivity contribution in [3.8, 4) is 0 Å². The Bertz CT molecular complexity index is 1470. The van der Waals surface area contributed by atoms with Gasteiger partial charge in [0.25, 0.3) is 10.0 Å². The summed E-state index contributed by atoms with van der Waals surface area (Å²) in [5.74, 6) is -0.994. The average Bonchev–Trinajstić information content (AvgIpc) is 2.91. The van der Waals surface area contributed by atoms with Crippen molar-refractivity contribution in [2.24, 2.45) is 0 Å². The molecule has 3 rings (SSSR count). The highest BCUT2D eigenvalue weighted by molar-refractivity contribution is 7.92. The quantitative estimate of drug-likeness (QED) is 0.265. The van der Waals surface area contributed by atoms with Crippen LogP contribution in [0.15, 0.2) is 71.6 Å². The molecule has 7 nitrogen and oxygen atoms in total. The van der Waals surface area contributed by atoms with Gasteiger partial charge in [0.05, 0.1) is 15.6 Å². The van der Waals surface area contributed by atoms with E-state index in [1.54, 1.807) is 55.5 Å². The lowest BCUT2D eigenvalue weighted by molar-refractivity contribution is -0.139. The molecule has 2 atom stereocenters. The van der Waals surface area contributed by atoms with Crippen molar-refractivity contribution in [2.75, 3.05) is 10.8 Å². The van der Waals surface area contributed by atoms with Crippen molar-refractivity contribution >= 4 is 62.3 Å². The topological polar surface area (TPSA) is 86.8 Å². The zero-order valence-corrected chi connectivity index (χ0v) is 25.8. The van der Waals surface area contributed by atoms with Crippen molar-refractivity contribution in [1.29, 1.82) is 0 Å². The zero-order valence-electron chi connectivity index (χ0n) is 22.7. The molecule has 1 N–H and O–H groups in total. The maximum absolute atomic E-state index is 14.0. The van der Waals surface area contributed by atoms with Crippen LogP contribution in [0.2, 0.25) is 15.1 Å². The van der Waals surface area contributed by atoms with E-state index in [9.17, 15) is 18.0 Å². The van der Waals surface area contributed by atoms with Gasteiger partial charge in [-0.05, 0) is 69.2 Å². The first-order valence-electron chi connectivity index (χ1n) is 12.7. The summed E-state index contributed by atoms with van der Waals surface area (Å²) < 4.78 is 28.7. The maximum Gasteiger partial charge on any atom is 0.264 e. The number of sulfonamides is 1. The summed E-state index contributed by atoms with van der Waals surface area (Å²) in [6, 6.07) is 16.5. The standard InChI is InChI=1S/C29H32Cl3N3O4S/c1-5-20(3)33-29(37)21(4)34(17-22-12-13-23(30)16-26(22)32)28(36)18-35(27-9-7-6-8-25(27)31)40(38,39)24-14-10-19(2)11-15-24/h6-16,20-21H,5,17-18H2,1-4H3,(H,33,37). The third-order valence-electron chi connectivity index (χ3n) is 6.53. The number of carbonyl (C=O) groups is 2. The van der Waals surface area contributed by atoms with Crippen LogP contribution in [0.25, 0.3) is 0 Å². The summed E-state index contributed by atoms with van der Waals surface area (Å²) in [5, 5.41) is 3.78. The number of para-hydroxylation sites is 1. The Morgan fingerprint density at radius 1 is 0.925 bits per heavy atom. The summed E-state index contributed by atoms with van der Waals surface area (Å²) >= 11 is 18.9. The van der Waals surface area contributed by atoms with Gasteiger partial charge in [0.1, 0.15) is 12.6 Å². The van der Waals surface area contributed by atoms with Crippen LogP contribution in [0.3, 0.4) is 0 Å². The molecule has 0 heterocycles. The van der Waals surface area contributed by atoms with Gasteiger partial charge in [0, 0.05) is 22.6 Å². The number of halogens is 3. The summed E-state index contributed by atoms with van der Waals surface area (Å²) in [6.45, 7) is 6.58. The molecular formula is C29H32Cl3N3O4S. The van der Waals surface area contributed by atoms with Crippen molar-refractivity contribution < 1.29 is 18.0 Å². The normalized spacial score (nSPS) is 12.9. The molecule has 0 bridgehead atoms. The van der Waals surface area contributed by atoms with Gasteiger partial charge in [-0.25, -0.2) is 8.42 Å². The van der Waals surface area contributed by atoms with Gasteiger partial charge in [0.15, 0.2) is 0 Å². The first-order valence-corrected chi connectivity index (χ1v) is 15.3. The van der Waals surface area contributed by atoms with Gasteiger partial charge in [-0.1, -0.05) is 77.6 Å². The number of aryl methyl sites for hydroxylation is 1. The second kappa shape index (κ2) is 13.7. The number of benzene rings is 3. The van der Waals surface area contributed by atoms with Gasteiger partial charge in [0.2, 0.25) is 11.8 Å². The highest BCUT2D eigenvalue weighted by Crippen LogP contribution is 2.31. The summed E-state index contributed by atoms with van der Waals surface area (Å²) in [4.78, 5) is 28.4. The van der Waals surface area contributed by atoms with Crippen LogP contribution in [0, 0.1) is 6.92 Å². The molecule has 2 amide bonds. The van der Waals surface area contributed by atoms with E-state index in [0.29, 0.717) is 22.0 Å². The van der Waals surface area contributed by atoms with Gasteiger partial charge in [-0.3, -0.25) is 13.9 Å². The molecule has 0 aliphatic heterocycles. The molecule has 0 radical (unpaired) electrons. The van der Waals surface area contributed by atoms with Crippen LogP contribution in [0.1, 0.15) is 38.3 Å². The molecule has 0 saturated heterocycles. The van der Waals surface area contributed by atoms with Crippen molar-refractivity contribution in [1.82, 2.24) is 10.2 Å². The molecule has 0 aliphatic carbocycles. The highest BCUT2D eigenvalue weighted by Gasteiger charge is 2.33. The molecule has 0 aliphatic rings. The minimum atomic E-state index is -4.22. The lowest BCUT2D eigenvalue weighted by atomic mass is 10.1. The molecule has 0 fully saturated rings. The van der Waals surface area contributed by atoms with E-state index in [2.05, 4.69) is 5.32 Å². The maximum atomic E-state index is 14.0. The van der Waals surface area contributed by atoms with Crippen LogP contribution in [-0.4, -0.2) is 43.8 Å². The molecule has 2 unspecified atom stereocenters. The summed E-state index contributed by atoms with van der Waals surface area (Å²) in [6.07, 6.45) is 0.699. The van der Waals surface area contributed by atoms with Gasteiger partial charge >= 0.3 is 0 Å². The molecule has 0 aromatic heterocycles. The van der Waals surface area contributed by atoms with E-state index in [-0.39, 0.29) is 34.1 Å². The smallest absolute Gasteiger partial charge is 0.264 e. The fourth-order valence-corrected chi connectivity index (χ4v) is 6.08. The Morgan fingerprint density at radius 3 is 2.17 bits per heavy atom. The van der Waals surface area contributed by atoms with Gasteiger partial charge < -0.3 is 10.2 Å². The van der Waals surface area contributed by atoms with Crippen LogP contribution in [-0.2, 0) is 26.2 Å². The summed E-state index contributed by atoms with van der Waals surface area (Å²) in [7, 11) is -4.22. The number of hydrogen-bond donors (Lipinski definition) is 1. The van der Waals surface area contributed by atoms with E-state index in [1.807, 2.05) is 20.8 Å².